The summed E-state index contributed by atoms with van der Waals surface area (Å²) in [7, 11) is 0. The fraction of sp³-hybridized carbons (Fsp3) is 0.353. The fourth-order valence-corrected chi connectivity index (χ4v) is 3.33. The lowest BCUT2D eigenvalue weighted by Gasteiger charge is -2.10. The molecule has 0 saturated heterocycles. The number of aromatic nitrogens is 1. The minimum atomic E-state index is -1.03. The van der Waals surface area contributed by atoms with Gasteiger partial charge in [-0.2, -0.15) is 0 Å². The van der Waals surface area contributed by atoms with Gasteiger partial charge >= 0.3 is 5.97 Å². The van der Waals surface area contributed by atoms with E-state index in [0.29, 0.717) is 11.3 Å². The third kappa shape index (κ3) is 5.61. The third-order valence-corrected chi connectivity index (χ3v) is 4.54. The number of aryl methyl sites for hydroxylation is 2. The van der Waals surface area contributed by atoms with Crippen LogP contribution in [-0.4, -0.2) is 41.9 Å². The molecular weight excluding hydrogens is 344 g/mol. The number of carbonyl (C=O) groups excluding carboxylic acids is 1. The van der Waals surface area contributed by atoms with Crippen molar-refractivity contribution >= 4 is 23.6 Å². The van der Waals surface area contributed by atoms with E-state index < -0.39 is 5.97 Å². The summed E-state index contributed by atoms with van der Waals surface area (Å²) in [6.45, 7) is 3.77. The number of benzene rings is 1. The van der Waals surface area contributed by atoms with Gasteiger partial charge in [-0.1, -0.05) is 17.3 Å². The zero-order valence-corrected chi connectivity index (χ0v) is 14.9. The smallest absolute Gasteiger partial charge is 0.329 e. The summed E-state index contributed by atoms with van der Waals surface area (Å²) >= 11 is 1.54. The average molecular weight is 364 g/mol. The van der Waals surface area contributed by atoms with Crippen molar-refractivity contribution in [3.8, 4) is 0 Å². The van der Waals surface area contributed by atoms with Gasteiger partial charge in [-0.3, -0.25) is 4.79 Å². The third-order valence-electron chi connectivity index (χ3n) is 3.44. The Labute approximate surface area is 149 Å². The normalized spacial score (nSPS) is 10.6. The van der Waals surface area contributed by atoms with Crippen LogP contribution in [0.5, 0.6) is 0 Å². The minimum absolute atomic E-state index is 0.145. The first kappa shape index (κ1) is 19.0. The van der Waals surface area contributed by atoms with Gasteiger partial charge in [0.15, 0.2) is 0 Å². The molecule has 2 aromatic rings. The second kappa shape index (κ2) is 9.24. The van der Waals surface area contributed by atoms with Gasteiger partial charge in [-0.15, -0.1) is 11.8 Å². The highest BCUT2D eigenvalue weighted by atomic mass is 32.2. The van der Waals surface area contributed by atoms with Crippen LogP contribution >= 0.6 is 11.8 Å². The highest BCUT2D eigenvalue weighted by Gasteiger charge is 2.14. The standard InChI is InChI=1S/C17H20N2O5S/c1-11-14(12(2)24-19-11)10-25-15-6-4-3-5-13(15)17(22)18-7-8-23-9-16(20)21/h3-6H,7-10H2,1-2H3,(H,18,22)(H,20,21). The second-order valence-electron chi connectivity index (χ2n) is 5.29. The lowest BCUT2D eigenvalue weighted by atomic mass is 10.2. The molecule has 0 unspecified atom stereocenters. The molecule has 0 radical (unpaired) electrons. The molecule has 8 heteroatoms. The van der Waals surface area contributed by atoms with Crippen molar-refractivity contribution in [3.05, 3.63) is 46.8 Å². The highest BCUT2D eigenvalue weighted by Crippen LogP contribution is 2.28. The predicted octanol–water partition coefficient (Wildman–Crippen LogP) is 2.41. The zero-order chi connectivity index (χ0) is 18.2. The molecule has 0 spiro atoms. The topological polar surface area (TPSA) is 102 Å². The van der Waals surface area contributed by atoms with Crippen LogP contribution < -0.4 is 5.32 Å². The van der Waals surface area contributed by atoms with E-state index in [9.17, 15) is 9.59 Å². The number of aliphatic carboxylic acids is 1. The molecule has 134 valence electrons. The number of hydrogen-bond acceptors (Lipinski definition) is 6. The number of nitrogens with zero attached hydrogens (tertiary/aromatic N) is 1. The molecule has 0 bridgehead atoms. The number of carboxylic acids is 1. The molecular formula is C17H20N2O5S. The molecule has 1 aromatic heterocycles. The summed E-state index contributed by atoms with van der Waals surface area (Å²) in [5.74, 6) is 0.184. The van der Waals surface area contributed by atoms with Gasteiger partial charge in [-0.05, 0) is 26.0 Å². The number of carbonyl (C=O) groups is 2. The molecule has 0 aliphatic carbocycles. The first-order chi connectivity index (χ1) is 12.0. The Balaban J connectivity index is 1.93. The van der Waals surface area contributed by atoms with Crippen LogP contribution in [0.25, 0.3) is 0 Å². The van der Waals surface area contributed by atoms with E-state index in [0.717, 1.165) is 21.9 Å². The van der Waals surface area contributed by atoms with Gasteiger partial charge < -0.3 is 19.7 Å². The van der Waals surface area contributed by atoms with Crippen molar-refractivity contribution in [3.63, 3.8) is 0 Å². The summed E-state index contributed by atoms with van der Waals surface area (Å²) < 4.78 is 10.1. The fourth-order valence-electron chi connectivity index (χ4n) is 2.13. The summed E-state index contributed by atoms with van der Waals surface area (Å²) in [5, 5.41) is 15.1. The molecule has 0 saturated carbocycles. The average Bonchev–Trinajstić information content (AvgIpc) is 2.90. The monoisotopic (exact) mass is 364 g/mol. The van der Waals surface area contributed by atoms with Crippen LogP contribution in [0.2, 0.25) is 0 Å². The number of rotatable bonds is 9. The Morgan fingerprint density at radius 2 is 2.08 bits per heavy atom. The van der Waals surface area contributed by atoms with Crippen LogP contribution in [0, 0.1) is 13.8 Å². The van der Waals surface area contributed by atoms with Gasteiger partial charge in [-0.25, -0.2) is 4.79 Å². The van der Waals surface area contributed by atoms with Crippen LogP contribution in [0.15, 0.2) is 33.7 Å². The van der Waals surface area contributed by atoms with E-state index in [-0.39, 0.29) is 25.7 Å². The summed E-state index contributed by atoms with van der Waals surface area (Å²) in [6.07, 6.45) is 0. The lowest BCUT2D eigenvalue weighted by Crippen LogP contribution is -2.28. The molecule has 7 nitrogen and oxygen atoms in total. The van der Waals surface area contributed by atoms with Crippen molar-refractivity contribution in [1.29, 1.82) is 0 Å². The van der Waals surface area contributed by atoms with Gasteiger partial charge in [0.05, 0.1) is 17.9 Å². The first-order valence-corrected chi connectivity index (χ1v) is 8.69. The van der Waals surface area contributed by atoms with Crippen LogP contribution in [0.3, 0.4) is 0 Å². The number of thioether (sulfide) groups is 1. The largest absolute Gasteiger partial charge is 0.480 e. The van der Waals surface area contributed by atoms with E-state index in [1.54, 1.807) is 12.1 Å². The van der Waals surface area contributed by atoms with Gasteiger partial charge in [0.2, 0.25) is 0 Å². The molecule has 0 atom stereocenters. The van der Waals surface area contributed by atoms with Crippen molar-refractivity contribution < 1.29 is 24.0 Å². The SMILES string of the molecule is Cc1noc(C)c1CSc1ccccc1C(=O)NCCOCC(=O)O. The molecule has 1 heterocycles. The number of carboxylic acid groups (broad SMARTS) is 1. The molecule has 1 aromatic carbocycles. The van der Waals surface area contributed by atoms with E-state index in [1.165, 1.54) is 11.8 Å². The molecule has 2 N–H and O–H groups in total. The van der Waals surface area contributed by atoms with E-state index in [4.69, 9.17) is 14.4 Å². The predicted molar refractivity (Wildman–Crippen MR) is 92.8 cm³/mol. The van der Waals surface area contributed by atoms with Crippen molar-refractivity contribution in [2.24, 2.45) is 0 Å². The van der Waals surface area contributed by atoms with Gasteiger partial charge in [0.25, 0.3) is 5.91 Å². The molecule has 1 amide bonds. The molecule has 0 aliphatic heterocycles. The van der Waals surface area contributed by atoms with Crippen molar-refractivity contribution in [1.82, 2.24) is 10.5 Å². The lowest BCUT2D eigenvalue weighted by molar-refractivity contribution is -0.142. The number of amides is 1. The van der Waals surface area contributed by atoms with Crippen molar-refractivity contribution in [2.75, 3.05) is 19.8 Å². The maximum Gasteiger partial charge on any atom is 0.329 e. The Bertz CT molecular complexity index is 725. The van der Waals surface area contributed by atoms with Gasteiger partial charge in [0.1, 0.15) is 12.4 Å². The second-order valence-corrected chi connectivity index (χ2v) is 6.31. The Hall–Kier alpha value is -2.32. The van der Waals surface area contributed by atoms with Gasteiger partial charge in [0, 0.05) is 22.8 Å². The number of nitrogens with one attached hydrogen (secondary N) is 1. The first-order valence-electron chi connectivity index (χ1n) is 7.70. The molecule has 0 fully saturated rings. The zero-order valence-electron chi connectivity index (χ0n) is 14.1. The van der Waals surface area contributed by atoms with E-state index in [1.807, 2.05) is 26.0 Å². The number of hydrogen-bond donors (Lipinski definition) is 2. The maximum atomic E-state index is 12.3. The van der Waals surface area contributed by atoms with Crippen LogP contribution in [-0.2, 0) is 15.3 Å². The molecule has 25 heavy (non-hydrogen) atoms. The van der Waals surface area contributed by atoms with E-state index in [2.05, 4.69) is 10.5 Å². The summed E-state index contributed by atoms with van der Waals surface area (Å²) in [5.41, 5.74) is 2.45. The Kier molecular flexibility index (Phi) is 7.03. The number of ether oxygens (including phenoxy) is 1. The summed E-state index contributed by atoms with van der Waals surface area (Å²) in [4.78, 5) is 23.5. The Morgan fingerprint density at radius 1 is 1.32 bits per heavy atom. The van der Waals surface area contributed by atoms with Crippen molar-refractivity contribution in [2.45, 2.75) is 24.5 Å². The van der Waals surface area contributed by atoms with E-state index >= 15 is 0 Å². The maximum absolute atomic E-state index is 12.3. The summed E-state index contributed by atoms with van der Waals surface area (Å²) in [6, 6.07) is 7.32. The highest BCUT2D eigenvalue weighted by molar-refractivity contribution is 7.98. The molecule has 0 aliphatic rings. The quantitative estimate of drug-likeness (QED) is 0.520. The molecule has 2 rings (SSSR count). The van der Waals surface area contributed by atoms with Crippen LogP contribution in [0.4, 0.5) is 0 Å². The minimum Gasteiger partial charge on any atom is -0.480 e. The Morgan fingerprint density at radius 3 is 2.76 bits per heavy atom. The van der Waals surface area contributed by atoms with Crippen LogP contribution in [0.1, 0.15) is 27.4 Å².